The fourth-order valence-electron chi connectivity index (χ4n) is 5.20. The number of allylic oxidation sites excluding steroid dienone is 2. The Labute approximate surface area is 207 Å². The van der Waals surface area contributed by atoms with E-state index in [0.717, 1.165) is 66.1 Å². The third-order valence-electron chi connectivity index (χ3n) is 7.17. The van der Waals surface area contributed by atoms with Gasteiger partial charge in [0.1, 0.15) is 18.1 Å². The molecular weight excluding hydrogens is 434 g/mol. The standard InChI is InChI=1S/C31H33NO3/c1-22-5-7-23(8-6-22)28-15-11-25-21-26(33)12-16-29(25)30(28)31(34)24-9-13-27(14-10-24)35-20-19-32-17-3-2-4-18-32/h5-10,12-14,16,21,33H,2-4,11,15,17-20H2,1H3. The first-order valence-electron chi connectivity index (χ1n) is 12.7. The van der Waals surface area contributed by atoms with Crippen LogP contribution in [0.3, 0.4) is 0 Å². The van der Waals surface area contributed by atoms with Gasteiger partial charge < -0.3 is 9.84 Å². The molecule has 0 atom stereocenters. The van der Waals surface area contributed by atoms with Gasteiger partial charge in [-0.15, -0.1) is 0 Å². The highest BCUT2D eigenvalue weighted by molar-refractivity contribution is 6.35. The first-order valence-corrected chi connectivity index (χ1v) is 12.7. The molecule has 0 bridgehead atoms. The maximum absolute atomic E-state index is 13.9. The Morgan fingerprint density at radius 1 is 0.914 bits per heavy atom. The topological polar surface area (TPSA) is 49.8 Å². The minimum absolute atomic E-state index is 0.00656. The molecule has 4 nitrogen and oxygen atoms in total. The van der Waals surface area contributed by atoms with Crippen molar-refractivity contribution in [3.63, 3.8) is 0 Å². The fraction of sp³-hybridized carbons (Fsp3) is 0.323. The zero-order valence-corrected chi connectivity index (χ0v) is 20.4. The second-order valence-corrected chi connectivity index (χ2v) is 9.67. The third kappa shape index (κ3) is 5.33. The molecule has 0 aromatic heterocycles. The molecule has 0 radical (unpaired) electrons. The van der Waals surface area contributed by atoms with Gasteiger partial charge in [0.05, 0.1) is 0 Å². The molecule has 1 saturated heterocycles. The summed E-state index contributed by atoms with van der Waals surface area (Å²) in [5.41, 5.74) is 6.64. The van der Waals surface area contributed by atoms with Crippen LogP contribution in [0.1, 0.15) is 58.3 Å². The van der Waals surface area contributed by atoms with Crippen molar-refractivity contribution >= 4 is 16.9 Å². The van der Waals surface area contributed by atoms with Gasteiger partial charge in [0.15, 0.2) is 5.78 Å². The van der Waals surface area contributed by atoms with Crippen LogP contribution in [0.25, 0.3) is 11.1 Å². The highest BCUT2D eigenvalue weighted by Crippen LogP contribution is 2.40. The third-order valence-corrected chi connectivity index (χ3v) is 7.17. The molecule has 0 spiro atoms. The number of aromatic hydroxyl groups is 1. The van der Waals surface area contributed by atoms with Crippen molar-refractivity contribution < 1.29 is 14.6 Å². The summed E-state index contributed by atoms with van der Waals surface area (Å²) < 4.78 is 5.97. The Balaban J connectivity index is 1.39. The van der Waals surface area contributed by atoms with Crippen LogP contribution in [0.5, 0.6) is 11.5 Å². The average molecular weight is 468 g/mol. The molecule has 2 aliphatic rings. The van der Waals surface area contributed by atoms with E-state index in [9.17, 15) is 9.90 Å². The molecule has 180 valence electrons. The van der Waals surface area contributed by atoms with Gasteiger partial charge in [-0.2, -0.15) is 0 Å². The summed E-state index contributed by atoms with van der Waals surface area (Å²) >= 11 is 0. The van der Waals surface area contributed by atoms with Crippen molar-refractivity contribution in [2.75, 3.05) is 26.2 Å². The predicted molar refractivity (Wildman–Crippen MR) is 141 cm³/mol. The van der Waals surface area contributed by atoms with E-state index < -0.39 is 0 Å². The number of nitrogens with zero attached hydrogens (tertiary/aromatic N) is 1. The smallest absolute Gasteiger partial charge is 0.193 e. The molecule has 3 aromatic rings. The minimum atomic E-state index is 0.00656. The number of likely N-dealkylation sites (tertiary alicyclic amines) is 1. The van der Waals surface area contributed by atoms with Gasteiger partial charge >= 0.3 is 0 Å². The number of ether oxygens (including phenoxy) is 1. The number of hydrogen-bond acceptors (Lipinski definition) is 4. The Morgan fingerprint density at radius 2 is 1.66 bits per heavy atom. The van der Waals surface area contributed by atoms with Crippen molar-refractivity contribution in [3.8, 4) is 11.5 Å². The molecule has 0 amide bonds. The average Bonchev–Trinajstić information content (AvgIpc) is 2.89. The lowest BCUT2D eigenvalue weighted by molar-refractivity contribution is 0.105. The minimum Gasteiger partial charge on any atom is -0.508 e. The second-order valence-electron chi connectivity index (χ2n) is 9.67. The molecule has 1 aliphatic carbocycles. The van der Waals surface area contributed by atoms with E-state index in [2.05, 4.69) is 36.1 Å². The number of benzene rings is 3. The van der Waals surface area contributed by atoms with Gasteiger partial charge in [0, 0.05) is 17.7 Å². The number of ketones is 1. The van der Waals surface area contributed by atoms with Gasteiger partial charge in [-0.25, -0.2) is 0 Å². The van der Waals surface area contributed by atoms with E-state index >= 15 is 0 Å². The number of rotatable bonds is 7. The number of carbonyl (C=O) groups is 1. The second kappa shape index (κ2) is 10.5. The molecule has 1 heterocycles. The van der Waals surface area contributed by atoms with Crippen LogP contribution < -0.4 is 4.74 Å². The summed E-state index contributed by atoms with van der Waals surface area (Å²) in [7, 11) is 0. The first kappa shape index (κ1) is 23.4. The van der Waals surface area contributed by atoms with Crippen molar-refractivity contribution in [1.29, 1.82) is 0 Å². The molecule has 0 saturated carbocycles. The number of phenolic OH excluding ortho intramolecular Hbond substituents is 1. The summed E-state index contributed by atoms with van der Waals surface area (Å²) in [5.74, 6) is 1.03. The van der Waals surface area contributed by atoms with E-state index in [1.54, 1.807) is 12.1 Å². The number of carbonyl (C=O) groups excluding carboxylic acids is 1. The Kier molecular flexibility index (Phi) is 7.01. The number of hydrogen-bond donors (Lipinski definition) is 1. The fourth-order valence-corrected chi connectivity index (χ4v) is 5.20. The first-order chi connectivity index (χ1) is 17.1. The summed E-state index contributed by atoms with van der Waals surface area (Å²) in [5, 5.41) is 10.0. The SMILES string of the molecule is Cc1ccc(C2=C(C(=O)c3ccc(OCCN4CCCCC4)cc3)c3ccc(O)cc3CC2)cc1. The molecule has 1 fully saturated rings. The lowest BCUT2D eigenvalue weighted by Crippen LogP contribution is -2.33. The van der Waals surface area contributed by atoms with E-state index in [0.29, 0.717) is 12.2 Å². The van der Waals surface area contributed by atoms with Gasteiger partial charge in [-0.1, -0.05) is 42.3 Å². The lowest BCUT2D eigenvalue weighted by Gasteiger charge is -2.26. The van der Waals surface area contributed by atoms with Crippen molar-refractivity contribution in [3.05, 3.63) is 94.5 Å². The van der Waals surface area contributed by atoms with Crippen LogP contribution in [-0.4, -0.2) is 42.0 Å². The van der Waals surface area contributed by atoms with Crippen LogP contribution in [0.15, 0.2) is 66.7 Å². The van der Waals surface area contributed by atoms with Crippen LogP contribution >= 0.6 is 0 Å². The summed E-state index contributed by atoms with van der Waals surface area (Å²) in [6.45, 7) is 5.99. The van der Waals surface area contributed by atoms with E-state index in [4.69, 9.17) is 4.74 Å². The van der Waals surface area contributed by atoms with Crippen LogP contribution in [0.2, 0.25) is 0 Å². The van der Waals surface area contributed by atoms with E-state index in [-0.39, 0.29) is 11.5 Å². The molecule has 0 unspecified atom stereocenters. The molecule has 5 rings (SSSR count). The largest absolute Gasteiger partial charge is 0.508 e. The van der Waals surface area contributed by atoms with Gasteiger partial charge in [0.25, 0.3) is 0 Å². The molecule has 3 aromatic carbocycles. The van der Waals surface area contributed by atoms with Gasteiger partial charge in [-0.05, 0) is 104 Å². The van der Waals surface area contributed by atoms with Crippen molar-refractivity contribution in [2.24, 2.45) is 0 Å². The maximum Gasteiger partial charge on any atom is 0.193 e. The van der Waals surface area contributed by atoms with Crippen LogP contribution in [-0.2, 0) is 6.42 Å². The van der Waals surface area contributed by atoms with Gasteiger partial charge in [0.2, 0.25) is 0 Å². The molecule has 1 N–H and O–H groups in total. The predicted octanol–water partition coefficient (Wildman–Crippen LogP) is 6.31. The van der Waals surface area contributed by atoms with Crippen LogP contribution in [0.4, 0.5) is 0 Å². The summed E-state index contributed by atoms with van der Waals surface area (Å²) in [6, 6.07) is 21.2. The van der Waals surface area contributed by atoms with Crippen molar-refractivity contribution in [2.45, 2.75) is 39.0 Å². The number of phenols is 1. The monoisotopic (exact) mass is 467 g/mol. The highest BCUT2D eigenvalue weighted by Gasteiger charge is 2.26. The Morgan fingerprint density at radius 3 is 2.40 bits per heavy atom. The molecular formula is C31H33NO3. The van der Waals surface area contributed by atoms with Gasteiger partial charge in [-0.3, -0.25) is 9.69 Å². The normalized spacial score (nSPS) is 16.1. The molecule has 4 heteroatoms. The number of Topliss-reactive ketones (excluding diaryl/α,β-unsaturated/α-hetero) is 1. The Hall–Kier alpha value is -3.37. The zero-order chi connectivity index (χ0) is 24.2. The maximum atomic E-state index is 13.9. The molecule has 35 heavy (non-hydrogen) atoms. The number of piperidine rings is 1. The van der Waals surface area contributed by atoms with E-state index in [1.807, 2.05) is 30.3 Å². The lowest BCUT2D eigenvalue weighted by atomic mass is 9.79. The Bertz CT molecular complexity index is 1220. The zero-order valence-electron chi connectivity index (χ0n) is 20.4. The van der Waals surface area contributed by atoms with E-state index in [1.165, 1.54) is 24.8 Å². The summed E-state index contributed by atoms with van der Waals surface area (Å²) in [4.78, 5) is 16.3. The van der Waals surface area contributed by atoms with Crippen LogP contribution in [0, 0.1) is 6.92 Å². The highest BCUT2D eigenvalue weighted by atomic mass is 16.5. The number of fused-ring (bicyclic) bond motifs is 1. The van der Waals surface area contributed by atoms with Crippen molar-refractivity contribution in [1.82, 2.24) is 4.90 Å². The number of aryl methyl sites for hydroxylation is 2. The summed E-state index contributed by atoms with van der Waals surface area (Å²) in [6.07, 6.45) is 5.45. The quantitative estimate of drug-likeness (QED) is 0.414. The molecule has 1 aliphatic heterocycles.